The molecule has 0 fully saturated rings. The fraction of sp³-hybridized carbons (Fsp3) is 0.105. The normalized spacial score (nSPS) is 10.3. The van der Waals surface area contributed by atoms with Gasteiger partial charge in [0.1, 0.15) is 11.5 Å². The molecule has 0 saturated carbocycles. The van der Waals surface area contributed by atoms with Crippen LogP contribution in [0.25, 0.3) is 21.6 Å². The van der Waals surface area contributed by atoms with Crippen LogP contribution in [0.5, 0.6) is 11.5 Å². The molecule has 116 valence electrons. The summed E-state index contributed by atoms with van der Waals surface area (Å²) in [6, 6.07) is 17.6. The van der Waals surface area contributed by atoms with Gasteiger partial charge in [-0.3, -0.25) is 4.79 Å². The summed E-state index contributed by atoms with van der Waals surface area (Å²) in [4.78, 5) is 13.0. The van der Waals surface area contributed by atoms with Crippen LogP contribution in [0.2, 0.25) is 0 Å². The molecule has 0 saturated heterocycles. The van der Waals surface area contributed by atoms with Crippen molar-refractivity contribution in [1.82, 2.24) is 0 Å². The lowest BCUT2D eigenvalue weighted by atomic mass is 10.0. The van der Waals surface area contributed by atoms with Gasteiger partial charge in [-0.15, -0.1) is 11.3 Å². The van der Waals surface area contributed by atoms with Crippen LogP contribution in [0.15, 0.2) is 54.6 Å². The summed E-state index contributed by atoms with van der Waals surface area (Å²) < 4.78 is 10.4. The van der Waals surface area contributed by atoms with Crippen LogP contribution >= 0.6 is 11.3 Å². The predicted octanol–water partition coefficient (Wildman–Crippen LogP) is 4.91. The van der Waals surface area contributed by atoms with Crippen molar-refractivity contribution in [1.29, 1.82) is 0 Å². The Morgan fingerprint density at radius 2 is 1.35 bits per heavy atom. The molecule has 0 aliphatic rings. The van der Waals surface area contributed by atoms with Crippen molar-refractivity contribution >= 4 is 17.6 Å². The Morgan fingerprint density at radius 1 is 0.826 bits per heavy atom. The molecule has 0 aliphatic heterocycles. The predicted molar refractivity (Wildman–Crippen MR) is 93.7 cm³/mol. The second kappa shape index (κ2) is 6.67. The molecule has 0 bridgehead atoms. The van der Waals surface area contributed by atoms with E-state index in [0.717, 1.165) is 39.4 Å². The van der Waals surface area contributed by atoms with Crippen LogP contribution in [0.3, 0.4) is 0 Å². The zero-order valence-corrected chi connectivity index (χ0v) is 13.7. The SMILES string of the molecule is COc1ccc(-c2cc(C=O)sc2-c2ccc(OC)cc2)cc1. The molecule has 3 aromatic rings. The smallest absolute Gasteiger partial charge is 0.160 e. The van der Waals surface area contributed by atoms with E-state index >= 15 is 0 Å². The van der Waals surface area contributed by atoms with Crippen molar-refractivity contribution in [2.75, 3.05) is 14.2 Å². The van der Waals surface area contributed by atoms with Gasteiger partial charge in [-0.05, 0) is 53.6 Å². The van der Waals surface area contributed by atoms with E-state index in [1.807, 2.05) is 54.6 Å². The first-order chi connectivity index (χ1) is 11.2. The van der Waals surface area contributed by atoms with Crippen molar-refractivity contribution < 1.29 is 14.3 Å². The summed E-state index contributed by atoms with van der Waals surface area (Å²) in [6.45, 7) is 0. The zero-order valence-electron chi connectivity index (χ0n) is 12.9. The third-order valence-electron chi connectivity index (χ3n) is 3.62. The standard InChI is InChI=1S/C19H16O3S/c1-21-15-7-3-13(4-8-15)18-11-17(12-20)23-19(18)14-5-9-16(22-2)10-6-14/h3-12H,1-2H3. The van der Waals surface area contributed by atoms with Gasteiger partial charge in [0, 0.05) is 10.4 Å². The molecule has 4 heteroatoms. The lowest BCUT2D eigenvalue weighted by Gasteiger charge is -2.07. The highest BCUT2D eigenvalue weighted by Gasteiger charge is 2.13. The Bertz CT molecular complexity index is 737. The Morgan fingerprint density at radius 3 is 1.83 bits per heavy atom. The van der Waals surface area contributed by atoms with Gasteiger partial charge in [0.05, 0.1) is 19.1 Å². The average Bonchev–Trinajstić information content (AvgIpc) is 3.06. The first kappa shape index (κ1) is 15.3. The Balaban J connectivity index is 2.08. The minimum Gasteiger partial charge on any atom is -0.497 e. The van der Waals surface area contributed by atoms with Gasteiger partial charge in [-0.25, -0.2) is 0 Å². The third-order valence-corrected chi connectivity index (χ3v) is 4.73. The van der Waals surface area contributed by atoms with Gasteiger partial charge in [0.2, 0.25) is 0 Å². The summed E-state index contributed by atoms with van der Waals surface area (Å²) in [5.41, 5.74) is 3.17. The molecule has 0 radical (unpaired) electrons. The second-order valence-corrected chi connectivity index (χ2v) is 6.05. The van der Waals surface area contributed by atoms with Crippen molar-refractivity contribution in [3.05, 3.63) is 59.5 Å². The summed E-state index contributed by atoms with van der Waals surface area (Å²) in [7, 11) is 3.29. The van der Waals surface area contributed by atoms with E-state index in [4.69, 9.17) is 9.47 Å². The van der Waals surface area contributed by atoms with Crippen molar-refractivity contribution in [3.63, 3.8) is 0 Å². The highest BCUT2D eigenvalue weighted by Crippen LogP contribution is 2.39. The van der Waals surface area contributed by atoms with Crippen molar-refractivity contribution in [2.24, 2.45) is 0 Å². The number of thiophene rings is 1. The maximum atomic E-state index is 11.2. The maximum Gasteiger partial charge on any atom is 0.160 e. The topological polar surface area (TPSA) is 35.5 Å². The summed E-state index contributed by atoms with van der Waals surface area (Å²) >= 11 is 1.49. The lowest BCUT2D eigenvalue weighted by molar-refractivity contribution is 0.112. The number of carbonyl (C=O) groups excluding carboxylic acids is 1. The van der Waals surface area contributed by atoms with E-state index in [0.29, 0.717) is 4.88 Å². The number of ether oxygens (including phenoxy) is 2. The summed E-state index contributed by atoms with van der Waals surface area (Å²) in [5.74, 6) is 1.62. The lowest BCUT2D eigenvalue weighted by Crippen LogP contribution is -1.84. The van der Waals surface area contributed by atoms with Gasteiger partial charge < -0.3 is 9.47 Å². The molecule has 0 aliphatic carbocycles. The average molecular weight is 324 g/mol. The number of hydrogen-bond donors (Lipinski definition) is 0. The number of hydrogen-bond acceptors (Lipinski definition) is 4. The highest BCUT2D eigenvalue weighted by atomic mass is 32.1. The molecule has 0 N–H and O–H groups in total. The second-order valence-electron chi connectivity index (χ2n) is 4.97. The molecular weight excluding hydrogens is 308 g/mol. The quantitative estimate of drug-likeness (QED) is 0.625. The largest absolute Gasteiger partial charge is 0.497 e. The molecule has 0 spiro atoms. The molecule has 2 aromatic carbocycles. The number of rotatable bonds is 5. The number of aldehydes is 1. The van der Waals surface area contributed by atoms with E-state index in [9.17, 15) is 4.79 Å². The van der Waals surface area contributed by atoms with Gasteiger partial charge in [-0.2, -0.15) is 0 Å². The number of benzene rings is 2. The van der Waals surface area contributed by atoms with E-state index in [1.54, 1.807) is 14.2 Å². The third kappa shape index (κ3) is 3.12. The zero-order chi connectivity index (χ0) is 16.2. The minimum absolute atomic E-state index is 0.710. The van der Waals surface area contributed by atoms with Gasteiger partial charge in [-0.1, -0.05) is 12.1 Å². The number of methoxy groups -OCH3 is 2. The molecule has 1 aromatic heterocycles. The van der Waals surface area contributed by atoms with Crippen LogP contribution in [0.1, 0.15) is 9.67 Å². The van der Waals surface area contributed by atoms with Crippen LogP contribution in [-0.4, -0.2) is 20.5 Å². The van der Waals surface area contributed by atoms with Crippen LogP contribution in [0, 0.1) is 0 Å². The van der Waals surface area contributed by atoms with E-state index in [-0.39, 0.29) is 0 Å². The Kier molecular flexibility index (Phi) is 4.44. The molecule has 23 heavy (non-hydrogen) atoms. The molecule has 3 nitrogen and oxygen atoms in total. The van der Waals surface area contributed by atoms with Gasteiger partial charge >= 0.3 is 0 Å². The number of carbonyl (C=O) groups is 1. The molecule has 0 amide bonds. The van der Waals surface area contributed by atoms with E-state index in [1.165, 1.54) is 11.3 Å². The molecule has 1 heterocycles. The fourth-order valence-electron chi connectivity index (χ4n) is 2.41. The molecule has 3 rings (SSSR count). The van der Waals surface area contributed by atoms with Gasteiger partial charge in [0.25, 0.3) is 0 Å². The highest BCUT2D eigenvalue weighted by molar-refractivity contribution is 7.17. The van der Waals surface area contributed by atoms with Crippen LogP contribution in [-0.2, 0) is 0 Å². The van der Waals surface area contributed by atoms with E-state index < -0.39 is 0 Å². The van der Waals surface area contributed by atoms with Crippen LogP contribution < -0.4 is 9.47 Å². The maximum absolute atomic E-state index is 11.2. The van der Waals surface area contributed by atoms with Gasteiger partial charge in [0.15, 0.2) is 6.29 Å². The van der Waals surface area contributed by atoms with Crippen LogP contribution in [0.4, 0.5) is 0 Å². The van der Waals surface area contributed by atoms with Crippen molar-refractivity contribution in [2.45, 2.75) is 0 Å². The first-order valence-corrected chi connectivity index (χ1v) is 7.94. The fourth-order valence-corrected chi connectivity index (χ4v) is 3.41. The Labute approximate surface area is 139 Å². The Hall–Kier alpha value is -2.59. The minimum atomic E-state index is 0.710. The molecule has 0 atom stereocenters. The first-order valence-electron chi connectivity index (χ1n) is 7.13. The monoisotopic (exact) mass is 324 g/mol. The summed E-state index contributed by atoms with van der Waals surface area (Å²) in [5, 5.41) is 0. The summed E-state index contributed by atoms with van der Waals surface area (Å²) in [6.07, 6.45) is 0.894. The van der Waals surface area contributed by atoms with E-state index in [2.05, 4.69) is 0 Å². The molecular formula is C19H16O3S. The molecule has 0 unspecified atom stereocenters. The van der Waals surface area contributed by atoms with Crippen molar-refractivity contribution in [3.8, 4) is 33.1 Å².